The summed E-state index contributed by atoms with van der Waals surface area (Å²) in [7, 11) is 0. The molecule has 1 aromatic rings. The molecule has 0 amide bonds. The van der Waals surface area contributed by atoms with Crippen LogP contribution in [-0.2, 0) is 5.41 Å². The van der Waals surface area contributed by atoms with E-state index < -0.39 is 0 Å². The van der Waals surface area contributed by atoms with Crippen LogP contribution in [0.2, 0.25) is 0 Å². The van der Waals surface area contributed by atoms with Gasteiger partial charge in [0.2, 0.25) is 0 Å². The normalized spacial score (nSPS) is 17.9. The third-order valence-corrected chi connectivity index (χ3v) is 4.13. The van der Waals surface area contributed by atoms with Crippen molar-refractivity contribution in [2.24, 2.45) is 5.92 Å². The minimum atomic E-state index is 0.284. The Morgan fingerprint density at radius 2 is 1.65 bits per heavy atom. The highest BCUT2D eigenvalue weighted by Gasteiger charge is 2.29. The Balaban J connectivity index is 2.67. The van der Waals surface area contributed by atoms with Gasteiger partial charge in [0.1, 0.15) is 0 Å². The molecule has 1 aromatic carbocycles. The molecular weight excluding hydrogens is 204 g/mol. The topological polar surface area (TPSA) is 0 Å². The van der Waals surface area contributed by atoms with Gasteiger partial charge in [-0.15, -0.1) is 0 Å². The highest BCUT2D eigenvalue weighted by molar-refractivity contribution is 5.74. The molecule has 0 spiro atoms. The molecule has 0 nitrogen and oxygen atoms in total. The fourth-order valence-electron chi connectivity index (χ4n) is 2.75. The van der Waals surface area contributed by atoms with E-state index in [-0.39, 0.29) is 5.41 Å². The van der Waals surface area contributed by atoms with Crippen molar-refractivity contribution in [2.45, 2.75) is 53.4 Å². The Hall–Kier alpha value is -1.04. The molecule has 0 N–H and O–H groups in total. The van der Waals surface area contributed by atoms with Gasteiger partial charge in [-0.3, -0.25) is 0 Å². The van der Waals surface area contributed by atoms with Gasteiger partial charge < -0.3 is 0 Å². The Morgan fingerprint density at radius 3 is 2.24 bits per heavy atom. The van der Waals surface area contributed by atoms with Crippen molar-refractivity contribution in [3.63, 3.8) is 0 Å². The van der Waals surface area contributed by atoms with E-state index >= 15 is 0 Å². The van der Waals surface area contributed by atoms with Gasteiger partial charge in [0.15, 0.2) is 0 Å². The summed E-state index contributed by atoms with van der Waals surface area (Å²) in [5.74, 6) is 0.618. The van der Waals surface area contributed by atoms with Crippen molar-refractivity contribution in [1.82, 2.24) is 0 Å². The van der Waals surface area contributed by atoms with Crippen molar-refractivity contribution in [3.8, 4) is 0 Å². The molecule has 17 heavy (non-hydrogen) atoms. The van der Waals surface area contributed by atoms with Gasteiger partial charge in [-0.05, 0) is 59.4 Å². The van der Waals surface area contributed by atoms with E-state index in [1.807, 2.05) is 0 Å². The second-order valence-electron chi connectivity index (χ2n) is 6.38. The van der Waals surface area contributed by atoms with Crippen molar-refractivity contribution < 1.29 is 0 Å². The fourth-order valence-corrected chi connectivity index (χ4v) is 2.75. The maximum atomic E-state index is 2.45. The Morgan fingerprint density at radius 1 is 1.06 bits per heavy atom. The first-order valence-electron chi connectivity index (χ1n) is 6.65. The highest BCUT2D eigenvalue weighted by atomic mass is 14.3. The number of hydrogen-bond donors (Lipinski definition) is 0. The van der Waals surface area contributed by atoms with E-state index in [2.05, 4.69) is 59.8 Å². The van der Waals surface area contributed by atoms with Crippen LogP contribution in [0.4, 0.5) is 0 Å². The molecule has 0 fully saturated rings. The maximum Gasteiger partial charge on any atom is -0.00628 e. The number of fused-ring (bicyclic) bond motifs is 1. The predicted octanol–water partition coefficient (Wildman–Crippen LogP) is 5.02. The van der Waals surface area contributed by atoms with Gasteiger partial charge >= 0.3 is 0 Å². The molecule has 92 valence electrons. The Labute approximate surface area is 106 Å². The van der Waals surface area contributed by atoms with E-state index in [1.54, 1.807) is 0 Å². The van der Waals surface area contributed by atoms with E-state index in [9.17, 15) is 0 Å². The maximum absolute atomic E-state index is 2.45. The summed E-state index contributed by atoms with van der Waals surface area (Å²) in [5.41, 5.74) is 7.66. The summed E-state index contributed by atoms with van der Waals surface area (Å²) in [6, 6.07) is 4.79. The van der Waals surface area contributed by atoms with Gasteiger partial charge in [-0.25, -0.2) is 0 Å². The second kappa shape index (κ2) is 4.01. The molecule has 0 atom stereocenters. The van der Waals surface area contributed by atoms with Crippen LogP contribution >= 0.6 is 0 Å². The largest absolute Gasteiger partial charge is 0.0796 e. The van der Waals surface area contributed by atoms with Crippen LogP contribution in [0.1, 0.15) is 56.4 Å². The summed E-state index contributed by atoms with van der Waals surface area (Å²) < 4.78 is 0. The molecule has 0 aliphatic heterocycles. The van der Waals surface area contributed by atoms with Gasteiger partial charge in [-0.1, -0.05) is 45.9 Å². The first-order chi connectivity index (χ1) is 7.83. The summed E-state index contributed by atoms with van der Waals surface area (Å²) in [6.07, 6.45) is 3.61. The van der Waals surface area contributed by atoms with Crippen molar-refractivity contribution in [1.29, 1.82) is 0 Å². The number of aryl methyl sites for hydroxylation is 2. The number of benzene rings is 1. The first-order valence-corrected chi connectivity index (χ1v) is 6.65. The minimum absolute atomic E-state index is 0.284. The van der Waals surface area contributed by atoms with Crippen LogP contribution in [0, 0.1) is 19.8 Å². The molecule has 0 saturated carbocycles. The molecular formula is C17H24. The molecule has 1 aliphatic carbocycles. The standard InChI is InChI=1S/C17H24/c1-11(2)14-7-8-17(5,6)16-10-13(4)12(3)9-15(14)16/h7,9-11H,8H2,1-6H3. The zero-order valence-corrected chi connectivity index (χ0v) is 12.0. The lowest BCUT2D eigenvalue weighted by Crippen LogP contribution is -2.23. The van der Waals surface area contributed by atoms with Gasteiger partial charge in [0.05, 0.1) is 0 Å². The molecule has 0 unspecified atom stereocenters. The van der Waals surface area contributed by atoms with E-state index in [0.717, 1.165) is 6.42 Å². The molecule has 0 heteroatoms. The van der Waals surface area contributed by atoms with Crippen LogP contribution in [0.3, 0.4) is 0 Å². The quantitative estimate of drug-likeness (QED) is 0.633. The lowest BCUT2D eigenvalue weighted by molar-refractivity contribution is 0.523. The number of allylic oxidation sites excluding steroid dienone is 2. The fraction of sp³-hybridized carbons (Fsp3) is 0.529. The number of rotatable bonds is 1. The summed E-state index contributed by atoms with van der Waals surface area (Å²) >= 11 is 0. The lowest BCUT2D eigenvalue weighted by Gasteiger charge is -2.34. The third-order valence-electron chi connectivity index (χ3n) is 4.13. The predicted molar refractivity (Wildman–Crippen MR) is 76.4 cm³/mol. The molecule has 2 rings (SSSR count). The van der Waals surface area contributed by atoms with Gasteiger partial charge in [0.25, 0.3) is 0 Å². The average molecular weight is 228 g/mol. The first kappa shape index (κ1) is 12.4. The smallest absolute Gasteiger partial charge is 0.00628 e. The minimum Gasteiger partial charge on any atom is -0.0796 e. The Kier molecular flexibility index (Phi) is 2.93. The summed E-state index contributed by atoms with van der Waals surface area (Å²) in [5, 5.41) is 0. The van der Waals surface area contributed by atoms with Crippen LogP contribution in [0.25, 0.3) is 5.57 Å². The van der Waals surface area contributed by atoms with Gasteiger partial charge in [-0.2, -0.15) is 0 Å². The summed E-state index contributed by atoms with van der Waals surface area (Å²) in [4.78, 5) is 0. The van der Waals surface area contributed by atoms with Crippen LogP contribution in [-0.4, -0.2) is 0 Å². The van der Waals surface area contributed by atoms with Crippen molar-refractivity contribution >= 4 is 5.57 Å². The van der Waals surface area contributed by atoms with E-state index in [1.165, 1.54) is 27.8 Å². The summed E-state index contributed by atoms with van der Waals surface area (Å²) in [6.45, 7) is 13.7. The zero-order valence-electron chi connectivity index (χ0n) is 12.0. The van der Waals surface area contributed by atoms with E-state index in [4.69, 9.17) is 0 Å². The van der Waals surface area contributed by atoms with Crippen LogP contribution in [0.5, 0.6) is 0 Å². The molecule has 0 heterocycles. The average Bonchev–Trinajstić information content (AvgIpc) is 2.20. The highest BCUT2D eigenvalue weighted by Crippen LogP contribution is 2.42. The van der Waals surface area contributed by atoms with Crippen molar-refractivity contribution in [2.75, 3.05) is 0 Å². The van der Waals surface area contributed by atoms with Crippen LogP contribution in [0.15, 0.2) is 18.2 Å². The number of hydrogen-bond acceptors (Lipinski definition) is 0. The SMILES string of the molecule is Cc1cc2c(cc1C)C(C)(C)CC=C2C(C)C. The lowest BCUT2D eigenvalue weighted by atomic mass is 9.70. The molecule has 0 bridgehead atoms. The third kappa shape index (κ3) is 2.06. The molecule has 0 aromatic heterocycles. The van der Waals surface area contributed by atoms with Gasteiger partial charge in [0, 0.05) is 0 Å². The molecule has 1 aliphatic rings. The molecule has 0 saturated heterocycles. The second-order valence-corrected chi connectivity index (χ2v) is 6.38. The van der Waals surface area contributed by atoms with E-state index in [0.29, 0.717) is 5.92 Å². The zero-order chi connectivity index (χ0) is 12.8. The Bertz CT molecular complexity index is 473. The van der Waals surface area contributed by atoms with Crippen LogP contribution < -0.4 is 0 Å². The monoisotopic (exact) mass is 228 g/mol. The molecule has 0 radical (unpaired) electrons. The van der Waals surface area contributed by atoms with Crippen molar-refractivity contribution in [3.05, 3.63) is 40.5 Å².